The second-order valence-electron chi connectivity index (χ2n) is 8.83. The van der Waals surface area contributed by atoms with Crippen LogP contribution in [0.2, 0.25) is 15.1 Å². The zero-order valence-corrected chi connectivity index (χ0v) is 25.3. The molecule has 0 spiro atoms. The lowest BCUT2D eigenvalue weighted by Crippen LogP contribution is -2.51. The Labute approximate surface area is 249 Å². The zero-order chi connectivity index (χ0) is 29.4. The van der Waals surface area contributed by atoms with Gasteiger partial charge in [-0.2, -0.15) is 0 Å². The molecule has 1 N–H and O–H groups in total. The van der Waals surface area contributed by atoms with Crippen LogP contribution in [0.25, 0.3) is 0 Å². The lowest BCUT2D eigenvalue weighted by Gasteiger charge is -2.32. The van der Waals surface area contributed by atoms with Crippen LogP contribution in [0.1, 0.15) is 25.8 Å². The Morgan fingerprint density at radius 1 is 0.950 bits per heavy atom. The fraction of sp³-hybridized carbons (Fsp3) is 0.286. The normalized spacial score (nSPS) is 11.9. The number of carbonyl (C=O) groups excluding carboxylic acids is 2. The van der Waals surface area contributed by atoms with Gasteiger partial charge in [-0.3, -0.25) is 13.9 Å². The highest BCUT2D eigenvalue weighted by molar-refractivity contribution is 7.92. The van der Waals surface area contributed by atoms with Gasteiger partial charge in [-0.1, -0.05) is 66.0 Å². The number of hydrogen-bond acceptors (Lipinski definition) is 5. The van der Waals surface area contributed by atoms with Gasteiger partial charge in [0, 0.05) is 28.7 Å². The number of benzene rings is 3. The number of halogens is 3. The van der Waals surface area contributed by atoms with Gasteiger partial charge in [0.15, 0.2) is 0 Å². The monoisotopic (exact) mass is 625 g/mol. The van der Waals surface area contributed by atoms with Gasteiger partial charge in [0.2, 0.25) is 11.8 Å². The summed E-state index contributed by atoms with van der Waals surface area (Å²) in [6.07, 6.45) is 0.698. The molecule has 2 amide bonds. The van der Waals surface area contributed by atoms with Crippen molar-refractivity contribution < 1.29 is 22.7 Å². The van der Waals surface area contributed by atoms with Crippen LogP contribution >= 0.6 is 34.8 Å². The maximum absolute atomic E-state index is 14.0. The Morgan fingerprint density at radius 2 is 1.60 bits per heavy atom. The average Bonchev–Trinajstić information content (AvgIpc) is 2.94. The number of anilines is 1. The van der Waals surface area contributed by atoms with Crippen molar-refractivity contribution in [3.8, 4) is 5.75 Å². The minimum atomic E-state index is -4.23. The van der Waals surface area contributed by atoms with Gasteiger partial charge in [0.25, 0.3) is 10.0 Å². The molecule has 1 atom stereocenters. The first-order valence-electron chi connectivity index (χ1n) is 12.4. The minimum Gasteiger partial charge on any atom is -0.495 e. The molecule has 3 rings (SSSR count). The molecular formula is C28H30Cl3N3O5S. The van der Waals surface area contributed by atoms with Crippen molar-refractivity contribution in [2.75, 3.05) is 24.5 Å². The fourth-order valence-electron chi connectivity index (χ4n) is 3.89. The Morgan fingerprint density at radius 3 is 2.17 bits per heavy atom. The highest BCUT2D eigenvalue weighted by Gasteiger charge is 2.33. The molecule has 0 heterocycles. The average molecular weight is 627 g/mol. The molecule has 12 heteroatoms. The van der Waals surface area contributed by atoms with Crippen molar-refractivity contribution >= 4 is 62.3 Å². The Balaban J connectivity index is 2.08. The molecule has 214 valence electrons. The molecule has 0 saturated carbocycles. The highest BCUT2D eigenvalue weighted by Crippen LogP contribution is 2.32. The zero-order valence-electron chi connectivity index (χ0n) is 22.2. The van der Waals surface area contributed by atoms with E-state index in [1.165, 1.54) is 42.3 Å². The molecule has 0 aliphatic heterocycles. The third-order valence-electron chi connectivity index (χ3n) is 6.14. The van der Waals surface area contributed by atoms with E-state index >= 15 is 0 Å². The smallest absolute Gasteiger partial charge is 0.264 e. The third-order valence-corrected chi connectivity index (χ3v) is 8.93. The molecule has 8 nitrogen and oxygen atoms in total. The Hall–Kier alpha value is -2.98. The quantitative estimate of drug-likeness (QED) is 0.274. The number of hydrogen-bond donors (Lipinski definition) is 1. The molecule has 3 aromatic rings. The van der Waals surface area contributed by atoms with Crippen molar-refractivity contribution in [1.82, 2.24) is 10.2 Å². The molecule has 0 bridgehead atoms. The van der Waals surface area contributed by atoms with Gasteiger partial charge in [-0.15, -0.1) is 0 Å². The predicted octanol–water partition coefficient (Wildman–Crippen LogP) is 5.79. The van der Waals surface area contributed by atoms with E-state index in [0.29, 0.717) is 34.3 Å². The summed E-state index contributed by atoms with van der Waals surface area (Å²) in [7, 11) is -2.80. The molecule has 40 heavy (non-hydrogen) atoms. The van der Waals surface area contributed by atoms with Crippen molar-refractivity contribution in [3.05, 3.63) is 87.4 Å². The van der Waals surface area contributed by atoms with Crippen LogP contribution in [-0.4, -0.2) is 51.4 Å². The molecule has 3 aromatic carbocycles. The molecule has 0 saturated heterocycles. The second kappa shape index (κ2) is 14.1. The second-order valence-corrected chi connectivity index (χ2v) is 11.9. The van der Waals surface area contributed by atoms with E-state index in [1.54, 1.807) is 43.3 Å². The standard InChI is InChI=1S/C28H30Cl3N3O5S/c1-4-15-32-28(36)19(2)33(17-22-23(29)11-8-12-24(22)30)27(35)18-34(20-13-14-26(39-3)25(31)16-20)40(37,38)21-9-6-5-7-10-21/h5-14,16,19H,4,15,17-18H2,1-3H3,(H,32,36)/t19-/m1/s1. The van der Waals surface area contributed by atoms with E-state index in [1.807, 2.05) is 6.92 Å². The summed E-state index contributed by atoms with van der Waals surface area (Å²) in [6.45, 7) is 3.13. The van der Waals surface area contributed by atoms with E-state index in [4.69, 9.17) is 39.5 Å². The molecule has 0 radical (unpaired) electrons. The van der Waals surface area contributed by atoms with Gasteiger partial charge < -0.3 is 15.0 Å². The number of rotatable bonds is 12. The van der Waals surface area contributed by atoms with E-state index in [9.17, 15) is 18.0 Å². The van der Waals surface area contributed by atoms with Gasteiger partial charge in [-0.05, 0) is 55.8 Å². The van der Waals surface area contributed by atoms with Crippen LogP contribution in [0.5, 0.6) is 5.75 Å². The summed E-state index contributed by atoms with van der Waals surface area (Å²) in [5.74, 6) is -0.713. The van der Waals surface area contributed by atoms with Crippen LogP contribution in [-0.2, 0) is 26.2 Å². The fourth-order valence-corrected chi connectivity index (χ4v) is 6.09. The maximum atomic E-state index is 14.0. The first kappa shape index (κ1) is 31.5. The summed E-state index contributed by atoms with van der Waals surface area (Å²) in [5.41, 5.74) is 0.570. The van der Waals surface area contributed by atoms with Crippen LogP contribution in [0.4, 0.5) is 5.69 Å². The van der Waals surface area contributed by atoms with Gasteiger partial charge >= 0.3 is 0 Å². The van der Waals surface area contributed by atoms with Crippen LogP contribution < -0.4 is 14.4 Å². The number of carbonyl (C=O) groups is 2. The van der Waals surface area contributed by atoms with Crippen molar-refractivity contribution in [3.63, 3.8) is 0 Å². The SMILES string of the molecule is CCCNC(=O)[C@@H](C)N(Cc1c(Cl)cccc1Cl)C(=O)CN(c1ccc(OC)c(Cl)c1)S(=O)(=O)c1ccccc1. The first-order valence-corrected chi connectivity index (χ1v) is 15.0. The topological polar surface area (TPSA) is 96.0 Å². The molecule has 0 fully saturated rings. The van der Waals surface area contributed by atoms with Gasteiger partial charge in [0.1, 0.15) is 18.3 Å². The number of sulfonamides is 1. The first-order chi connectivity index (χ1) is 19.0. The number of methoxy groups -OCH3 is 1. The van der Waals surface area contributed by atoms with Crippen LogP contribution in [0.15, 0.2) is 71.6 Å². The minimum absolute atomic E-state index is 0.0239. The lowest BCUT2D eigenvalue weighted by molar-refractivity contribution is -0.139. The van der Waals surface area contributed by atoms with Gasteiger partial charge in [-0.25, -0.2) is 8.42 Å². The largest absolute Gasteiger partial charge is 0.495 e. The summed E-state index contributed by atoms with van der Waals surface area (Å²) in [5, 5.41) is 3.56. The number of amides is 2. The van der Waals surface area contributed by atoms with E-state index in [-0.39, 0.29) is 22.2 Å². The van der Waals surface area contributed by atoms with E-state index in [0.717, 1.165) is 4.31 Å². The number of nitrogens with zero attached hydrogens (tertiary/aromatic N) is 2. The summed E-state index contributed by atoms with van der Waals surface area (Å²) in [6, 6.07) is 16.1. The van der Waals surface area contributed by atoms with Crippen molar-refractivity contribution in [1.29, 1.82) is 0 Å². The summed E-state index contributed by atoms with van der Waals surface area (Å²) >= 11 is 19.1. The Bertz CT molecular complexity index is 1430. The Kier molecular flexibility index (Phi) is 11.1. The van der Waals surface area contributed by atoms with E-state index in [2.05, 4.69) is 5.32 Å². The van der Waals surface area contributed by atoms with Crippen molar-refractivity contribution in [2.24, 2.45) is 0 Å². The van der Waals surface area contributed by atoms with Crippen molar-refractivity contribution in [2.45, 2.75) is 37.8 Å². The van der Waals surface area contributed by atoms with Crippen LogP contribution in [0, 0.1) is 0 Å². The van der Waals surface area contributed by atoms with Crippen LogP contribution in [0.3, 0.4) is 0 Å². The molecular weight excluding hydrogens is 597 g/mol. The maximum Gasteiger partial charge on any atom is 0.264 e. The lowest BCUT2D eigenvalue weighted by atomic mass is 10.1. The molecule has 0 aliphatic rings. The van der Waals surface area contributed by atoms with Gasteiger partial charge in [0.05, 0.1) is 22.7 Å². The number of ether oxygens (including phenoxy) is 1. The predicted molar refractivity (Wildman–Crippen MR) is 159 cm³/mol. The molecule has 0 aromatic heterocycles. The third kappa shape index (κ3) is 7.40. The number of nitrogens with one attached hydrogen (secondary N) is 1. The summed E-state index contributed by atoms with van der Waals surface area (Å²) in [4.78, 5) is 28.2. The highest BCUT2D eigenvalue weighted by atomic mass is 35.5. The van der Waals surface area contributed by atoms with E-state index < -0.39 is 34.4 Å². The summed E-state index contributed by atoms with van der Waals surface area (Å²) < 4.78 is 33.8. The molecule has 0 aliphatic carbocycles. The molecule has 0 unspecified atom stereocenters.